The predicted molar refractivity (Wildman–Crippen MR) is 66.1 cm³/mol. The molecule has 16 heavy (non-hydrogen) atoms. The highest BCUT2D eigenvalue weighted by Gasteiger charge is 2.23. The minimum Gasteiger partial charge on any atom is -0.356 e. The third-order valence-corrected chi connectivity index (χ3v) is 3.01. The molecule has 0 aromatic heterocycles. The Labute approximate surface area is 100 Å². The number of hydrogen-bond donors (Lipinski definition) is 1. The van der Waals surface area contributed by atoms with E-state index < -0.39 is 0 Å². The summed E-state index contributed by atoms with van der Waals surface area (Å²) in [5.41, 5.74) is 3.78. The van der Waals surface area contributed by atoms with Crippen molar-refractivity contribution < 1.29 is 4.79 Å². The Balaban J connectivity index is 2.02. The summed E-state index contributed by atoms with van der Waals surface area (Å²) < 4.78 is 0. The lowest BCUT2D eigenvalue weighted by Gasteiger charge is -2.06. The minimum atomic E-state index is 0.148. The van der Waals surface area contributed by atoms with Crippen molar-refractivity contribution in [2.24, 2.45) is 5.92 Å². The van der Waals surface area contributed by atoms with E-state index in [0.717, 1.165) is 24.9 Å². The molecular formula is C13H14ClNO. The second-order valence-electron chi connectivity index (χ2n) is 4.01. The van der Waals surface area contributed by atoms with Gasteiger partial charge in [-0.15, -0.1) is 0 Å². The fourth-order valence-corrected chi connectivity index (χ4v) is 2.11. The van der Waals surface area contributed by atoms with Crippen LogP contribution < -0.4 is 5.32 Å². The van der Waals surface area contributed by atoms with Crippen LogP contribution in [-0.2, 0) is 11.2 Å². The van der Waals surface area contributed by atoms with E-state index in [1.165, 1.54) is 11.1 Å². The summed E-state index contributed by atoms with van der Waals surface area (Å²) in [4.78, 5) is 11.4. The first-order valence-electron chi connectivity index (χ1n) is 5.43. The van der Waals surface area contributed by atoms with Gasteiger partial charge in [0.2, 0.25) is 5.91 Å². The van der Waals surface area contributed by atoms with Gasteiger partial charge in [-0.3, -0.25) is 4.79 Å². The molecule has 1 aliphatic rings. The Morgan fingerprint density at radius 2 is 2.12 bits per heavy atom. The van der Waals surface area contributed by atoms with Crippen molar-refractivity contribution in [3.05, 3.63) is 40.9 Å². The van der Waals surface area contributed by atoms with Crippen LogP contribution in [0.2, 0.25) is 0 Å². The SMILES string of the molecule is O=C1NCCC1Cc1ccc(/C=C/Cl)cc1. The van der Waals surface area contributed by atoms with Gasteiger partial charge in [-0.25, -0.2) is 0 Å². The summed E-state index contributed by atoms with van der Waals surface area (Å²) in [6, 6.07) is 8.14. The summed E-state index contributed by atoms with van der Waals surface area (Å²) in [5.74, 6) is 0.333. The molecule has 1 atom stereocenters. The standard InChI is InChI=1S/C13H14ClNO/c14-7-5-10-1-3-11(4-2-10)9-12-6-8-15-13(12)16/h1-5,7,12H,6,8-9H2,(H,15,16)/b7-5+. The lowest BCUT2D eigenvalue weighted by molar-refractivity contribution is -0.122. The number of carbonyl (C=O) groups is 1. The van der Waals surface area contributed by atoms with Crippen LogP contribution in [0.15, 0.2) is 29.8 Å². The number of nitrogens with one attached hydrogen (secondary N) is 1. The molecule has 3 heteroatoms. The van der Waals surface area contributed by atoms with Gasteiger partial charge >= 0.3 is 0 Å². The zero-order valence-corrected chi connectivity index (χ0v) is 9.70. The molecule has 0 aliphatic carbocycles. The first-order valence-corrected chi connectivity index (χ1v) is 5.86. The molecule has 0 saturated carbocycles. The molecule has 0 spiro atoms. The maximum Gasteiger partial charge on any atom is 0.223 e. The van der Waals surface area contributed by atoms with Crippen LogP contribution in [0.25, 0.3) is 6.08 Å². The number of carbonyl (C=O) groups excluding carboxylic acids is 1. The molecule has 2 nitrogen and oxygen atoms in total. The topological polar surface area (TPSA) is 29.1 Å². The first kappa shape index (κ1) is 11.2. The van der Waals surface area contributed by atoms with Gasteiger partial charge in [0.05, 0.1) is 0 Å². The van der Waals surface area contributed by atoms with Crippen molar-refractivity contribution >= 4 is 23.6 Å². The van der Waals surface area contributed by atoms with Crippen LogP contribution in [0.3, 0.4) is 0 Å². The summed E-state index contributed by atoms with van der Waals surface area (Å²) in [6.45, 7) is 0.816. The van der Waals surface area contributed by atoms with E-state index in [-0.39, 0.29) is 11.8 Å². The predicted octanol–water partition coefficient (Wildman–Crippen LogP) is 2.57. The van der Waals surface area contributed by atoms with Crippen molar-refractivity contribution in [2.45, 2.75) is 12.8 Å². The molecule has 1 heterocycles. The highest BCUT2D eigenvalue weighted by molar-refractivity contribution is 6.27. The summed E-state index contributed by atoms with van der Waals surface area (Å²) >= 11 is 5.50. The van der Waals surface area contributed by atoms with E-state index >= 15 is 0 Å². The molecule has 0 radical (unpaired) electrons. The van der Waals surface area contributed by atoms with Gasteiger partial charge in [-0.1, -0.05) is 35.9 Å². The maximum atomic E-state index is 11.4. The molecule has 1 N–H and O–H groups in total. The van der Waals surface area contributed by atoms with Crippen molar-refractivity contribution in [3.63, 3.8) is 0 Å². The van der Waals surface area contributed by atoms with Crippen molar-refractivity contribution in [1.82, 2.24) is 5.32 Å². The highest BCUT2D eigenvalue weighted by atomic mass is 35.5. The largest absolute Gasteiger partial charge is 0.356 e. The average molecular weight is 236 g/mol. The minimum absolute atomic E-state index is 0.148. The number of amides is 1. The van der Waals surface area contributed by atoms with Crippen molar-refractivity contribution in [2.75, 3.05) is 6.54 Å². The molecular weight excluding hydrogens is 222 g/mol. The Morgan fingerprint density at radius 3 is 2.69 bits per heavy atom. The third kappa shape index (κ3) is 2.64. The maximum absolute atomic E-state index is 11.4. The summed E-state index contributed by atoms with van der Waals surface area (Å²) in [5, 5.41) is 2.85. The zero-order chi connectivity index (χ0) is 11.4. The smallest absolute Gasteiger partial charge is 0.223 e. The third-order valence-electron chi connectivity index (χ3n) is 2.88. The van der Waals surface area contributed by atoms with Gasteiger partial charge in [-0.2, -0.15) is 0 Å². The van der Waals surface area contributed by atoms with E-state index in [4.69, 9.17) is 11.6 Å². The molecule has 2 rings (SSSR count). The lowest BCUT2D eigenvalue weighted by Crippen LogP contribution is -2.20. The number of hydrogen-bond acceptors (Lipinski definition) is 1. The summed E-state index contributed by atoms with van der Waals surface area (Å²) in [6.07, 6.45) is 3.62. The molecule has 1 amide bonds. The van der Waals surface area contributed by atoms with E-state index in [9.17, 15) is 4.79 Å². The van der Waals surface area contributed by atoms with Gasteiger partial charge in [0, 0.05) is 18.0 Å². The van der Waals surface area contributed by atoms with Gasteiger partial charge in [-0.05, 0) is 30.0 Å². The lowest BCUT2D eigenvalue weighted by atomic mass is 9.97. The molecule has 1 fully saturated rings. The Morgan fingerprint density at radius 1 is 1.38 bits per heavy atom. The van der Waals surface area contributed by atoms with Gasteiger partial charge in [0.15, 0.2) is 0 Å². The van der Waals surface area contributed by atoms with Crippen LogP contribution in [0.5, 0.6) is 0 Å². The molecule has 1 unspecified atom stereocenters. The Bertz CT molecular complexity index is 397. The van der Waals surface area contributed by atoms with E-state index in [0.29, 0.717) is 0 Å². The molecule has 84 valence electrons. The number of rotatable bonds is 3. The second-order valence-corrected chi connectivity index (χ2v) is 4.27. The molecule has 1 aromatic carbocycles. The number of benzene rings is 1. The fraction of sp³-hybridized carbons (Fsp3) is 0.308. The molecule has 1 aromatic rings. The van der Waals surface area contributed by atoms with Crippen LogP contribution in [0.1, 0.15) is 17.5 Å². The molecule has 1 saturated heterocycles. The number of halogens is 1. The molecule has 1 aliphatic heterocycles. The van der Waals surface area contributed by atoms with Gasteiger partial charge in [0.1, 0.15) is 0 Å². The van der Waals surface area contributed by atoms with E-state index in [2.05, 4.69) is 17.4 Å². The average Bonchev–Trinajstić information content (AvgIpc) is 2.68. The highest BCUT2D eigenvalue weighted by Crippen LogP contribution is 2.17. The normalized spacial score (nSPS) is 20.3. The Kier molecular flexibility index (Phi) is 3.62. The second kappa shape index (κ2) is 5.17. The van der Waals surface area contributed by atoms with Crippen molar-refractivity contribution in [3.8, 4) is 0 Å². The van der Waals surface area contributed by atoms with E-state index in [1.807, 2.05) is 18.2 Å². The molecule has 0 bridgehead atoms. The summed E-state index contributed by atoms with van der Waals surface area (Å²) in [7, 11) is 0. The van der Waals surface area contributed by atoms with Crippen molar-refractivity contribution in [1.29, 1.82) is 0 Å². The van der Waals surface area contributed by atoms with Crippen LogP contribution >= 0.6 is 11.6 Å². The Hall–Kier alpha value is -1.28. The monoisotopic (exact) mass is 235 g/mol. The van der Waals surface area contributed by atoms with Gasteiger partial charge in [0.25, 0.3) is 0 Å². The first-order chi connectivity index (χ1) is 7.79. The van der Waals surface area contributed by atoms with Crippen LogP contribution in [-0.4, -0.2) is 12.5 Å². The quantitative estimate of drug-likeness (QED) is 0.857. The zero-order valence-electron chi connectivity index (χ0n) is 8.95. The van der Waals surface area contributed by atoms with Crippen LogP contribution in [0.4, 0.5) is 0 Å². The van der Waals surface area contributed by atoms with Gasteiger partial charge < -0.3 is 5.32 Å². The van der Waals surface area contributed by atoms with E-state index in [1.54, 1.807) is 0 Å². The van der Waals surface area contributed by atoms with Crippen LogP contribution in [0, 0.1) is 5.92 Å². The fourth-order valence-electron chi connectivity index (χ4n) is 1.96.